The molecular weight excluding hydrogens is 232 g/mol. The first-order valence-corrected chi connectivity index (χ1v) is 6.31. The molecule has 108 valence electrons. The minimum absolute atomic E-state index is 0.0947. The molecule has 0 aliphatic rings. The normalized spacial score (nSPS) is 16.0. The quantitative estimate of drug-likeness (QED) is 0.717. The van der Waals surface area contributed by atoms with Crippen molar-refractivity contribution in [2.45, 2.75) is 65.6 Å². The Hall–Kier alpha value is -0.810. The minimum Gasteiger partial charge on any atom is -0.444 e. The van der Waals surface area contributed by atoms with Crippen molar-refractivity contribution in [1.29, 1.82) is 0 Å². The van der Waals surface area contributed by atoms with Crippen LogP contribution in [0.1, 0.15) is 48.0 Å². The number of aliphatic hydroxyl groups is 1. The molecule has 5 heteroatoms. The first-order valence-electron chi connectivity index (χ1n) is 6.31. The van der Waals surface area contributed by atoms with E-state index in [1.807, 2.05) is 41.5 Å². The van der Waals surface area contributed by atoms with E-state index >= 15 is 0 Å². The Kier molecular flexibility index (Phi) is 6.10. The number of carbonyl (C=O) groups is 1. The van der Waals surface area contributed by atoms with Crippen molar-refractivity contribution in [1.82, 2.24) is 5.32 Å². The van der Waals surface area contributed by atoms with Crippen LogP contribution in [-0.2, 0) is 4.74 Å². The summed E-state index contributed by atoms with van der Waals surface area (Å²) in [4.78, 5) is 11.7. The molecule has 5 nitrogen and oxygen atoms in total. The summed E-state index contributed by atoms with van der Waals surface area (Å²) >= 11 is 0. The van der Waals surface area contributed by atoms with Gasteiger partial charge < -0.3 is 20.9 Å². The van der Waals surface area contributed by atoms with Crippen LogP contribution >= 0.6 is 0 Å². The van der Waals surface area contributed by atoms with Crippen molar-refractivity contribution in [2.24, 2.45) is 11.1 Å². The molecule has 1 amide bonds. The average Bonchev–Trinajstić information content (AvgIpc) is 2.11. The SMILES string of the molecule is CC(C)(C)OC(=O)NC(CC(N)CO)C(C)(C)C. The number of hydrogen-bond donors (Lipinski definition) is 3. The summed E-state index contributed by atoms with van der Waals surface area (Å²) in [5.74, 6) is 0. The van der Waals surface area contributed by atoms with Gasteiger partial charge in [0.05, 0.1) is 6.61 Å². The van der Waals surface area contributed by atoms with E-state index in [9.17, 15) is 4.79 Å². The van der Waals surface area contributed by atoms with E-state index < -0.39 is 11.7 Å². The smallest absolute Gasteiger partial charge is 0.407 e. The lowest BCUT2D eigenvalue weighted by molar-refractivity contribution is 0.0451. The molecule has 0 aliphatic carbocycles. The van der Waals surface area contributed by atoms with E-state index in [0.29, 0.717) is 6.42 Å². The summed E-state index contributed by atoms with van der Waals surface area (Å²) < 4.78 is 5.23. The third-order valence-electron chi connectivity index (χ3n) is 2.51. The first-order chi connectivity index (χ1) is 7.95. The number of nitrogens with one attached hydrogen (secondary N) is 1. The van der Waals surface area contributed by atoms with Crippen molar-refractivity contribution >= 4 is 6.09 Å². The monoisotopic (exact) mass is 260 g/mol. The summed E-state index contributed by atoms with van der Waals surface area (Å²) in [5, 5.41) is 11.8. The van der Waals surface area contributed by atoms with Crippen molar-refractivity contribution in [3.63, 3.8) is 0 Å². The summed E-state index contributed by atoms with van der Waals surface area (Å²) in [6, 6.07) is -0.487. The molecule has 0 aromatic heterocycles. The van der Waals surface area contributed by atoms with Gasteiger partial charge in [-0.05, 0) is 32.6 Å². The maximum Gasteiger partial charge on any atom is 0.407 e. The second kappa shape index (κ2) is 6.38. The number of carbonyl (C=O) groups excluding carboxylic acids is 1. The lowest BCUT2D eigenvalue weighted by Gasteiger charge is -2.33. The fourth-order valence-electron chi connectivity index (χ4n) is 1.46. The number of rotatable bonds is 4. The highest BCUT2D eigenvalue weighted by Crippen LogP contribution is 2.23. The van der Waals surface area contributed by atoms with Crippen LogP contribution in [0.5, 0.6) is 0 Å². The van der Waals surface area contributed by atoms with Gasteiger partial charge in [-0.15, -0.1) is 0 Å². The number of amides is 1. The second-order valence-corrected chi connectivity index (χ2v) is 6.74. The minimum atomic E-state index is -0.522. The van der Waals surface area contributed by atoms with Gasteiger partial charge in [0.15, 0.2) is 0 Å². The maximum atomic E-state index is 11.7. The van der Waals surface area contributed by atoms with Crippen molar-refractivity contribution < 1.29 is 14.6 Å². The van der Waals surface area contributed by atoms with E-state index in [0.717, 1.165) is 0 Å². The predicted molar refractivity (Wildman–Crippen MR) is 72.3 cm³/mol. The zero-order valence-electron chi connectivity index (χ0n) is 12.4. The number of ether oxygens (including phenoxy) is 1. The van der Waals surface area contributed by atoms with Crippen LogP contribution in [0.3, 0.4) is 0 Å². The van der Waals surface area contributed by atoms with Crippen LogP contribution in [0.2, 0.25) is 0 Å². The van der Waals surface area contributed by atoms with Gasteiger partial charge in [0.1, 0.15) is 5.60 Å². The Bertz CT molecular complexity index is 266. The van der Waals surface area contributed by atoms with Crippen molar-refractivity contribution in [2.75, 3.05) is 6.61 Å². The molecule has 0 rings (SSSR count). The summed E-state index contributed by atoms with van der Waals surface area (Å²) in [6.45, 7) is 11.4. The Morgan fingerprint density at radius 3 is 2.11 bits per heavy atom. The van der Waals surface area contributed by atoms with Gasteiger partial charge in [-0.1, -0.05) is 20.8 Å². The van der Waals surface area contributed by atoms with Crippen LogP contribution in [0.4, 0.5) is 4.79 Å². The molecule has 0 radical (unpaired) electrons. The van der Waals surface area contributed by atoms with Crippen LogP contribution < -0.4 is 11.1 Å². The predicted octanol–water partition coefficient (Wildman–Crippen LogP) is 1.64. The molecule has 0 aliphatic heterocycles. The molecule has 18 heavy (non-hydrogen) atoms. The third kappa shape index (κ3) is 7.50. The molecule has 2 unspecified atom stereocenters. The van der Waals surface area contributed by atoms with Crippen LogP contribution in [0.15, 0.2) is 0 Å². The lowest BCUT2D eigenvalue weighted by atomic mass is 9.83. The van der Waals surface area contributed by atoms with Gasteiger partial charge >= 0.3 is 6.09 Å². The van der Waals surface area contributed by atoms with E-state index in [1.165, 1.54) is 0 Å². The van der Waals surface area contributed by atoms with Gasteiger partial charge in [-0.25, -0.2) is 4.79 Å². The zero-order chi connectivity index (χ0) is 14.6. The maximum absolute atomic E-state index is 11.7. The van der Waals surface area contributed by atoms with E-state index in [2.05, 4.69) is 5.32 Å². The van der Waals surface area contributed by atoms with E-state index in [1.54, 1.807) is 0 Å². The van der Waals surface area contributed by atoms with Gasteiger partial charge in [0.25, 0.3) is 0 Å². The highest BCUT2D eigenvalue weighted by Gasteiger charge is 2.29. The topological polar surface area (TPSA) is 84.6 Å². The number of aliphatic hydroxyl groups excluding tert-OH is 1. The standard InChI is InChI=1S/C13H28N2O3/c1-12(2,3)10(7-9(14)8-16)15-11(17)18-13(4,5)6/h9-10,16H,7-8,14H2,1-6H3,(H,15,17). The average molecular weight is 260 g/mol. The van der Waals surface area contributed by atoms with Gasteiger partial charge in [-0.2, -0.15) is 0 Å². The van der Waals surface area contributed by atoms with Crippen LogP contribution in [-0.4, -0.2) is 35.5 Å². The molecule has 0 heterocycles. The highest BCUT2D eigenvalue weighted by atomic mass is 16.6. The number of alkyl carbamates (subject to hydrolysis) is 1. The molecule has 0 bridgehead atoms. The fourth-order valence-corrected chi connectivity index (χ4v) is 1.46. The lowest BCUT2D eigenvalue weighted by Crippen LogP contribution is -2.49. The number of hydrogen-bond acceptors (Lipinski definition) is 4. The molecule has 0 saturated carbocycles. The molecule has 2 atom stereocenters. The van der Waals surface area contributed by atoms with Gasteiger partial charge in [0.2, 0.25) is 0 Å². The van der Waals surface area contributed by atoms with Crippen LogP contribution in [0, 0.1) is 5.41 Å². The third-order valence-corrected chi connectivity index (χ3v) is 2.51. The molecule has 0 fully saturated rings. The summed E-state index contributed by atoms with van der Waals surface area (Å²) in [6.07, 6.45) is 0.0618. The fraction of sp³-hybridized carbons (Fsp3) is 0.923. The molecule has 0 spiro atoms. The van der Waals surface area contributed by atoms with Crippen molar-refractivity contribution in [3.05, 3.63) is 0 Å². The molecule has 0 aromatic rings. The summed E-state index contributed by atoms with van der Waals surface area (Å²) in [7, 11) is 0. The highest BCUT2D eigenvalue weighted by molar-refractivity contribution is 5.68. The van der Waals surface area contributed by atoms with E-state index in [-0.39, 0.29) is 24.1 Å². The van der Waals surface area contributed by atoms with Gasteiger partial charge in [0, 0.05) is 12.1 Å². The molecule has 4 N–H and O–H groups in total. The molecule has 0 aromatic carbocycles. The zero-order valence-corrected chi connectivity index (χ0v) is 12.4. The van der Waals surface area contributed by atoms with Crippen LogP contribution in [0.25, 0.3) is 0 Å². The van der Waals surface area contributed by atoms with Gasteiger partial charge in [-0.3, -0.25) is 0 Å². The molecular formula is C13H28N2O3. The Labute approximate surface area is 110 Å². The Balaban J connectivity index is 4.56. The molecule has 0 saturated heterocycles. The Morgan fingerprint density at radius 2 is 1.78 bits per heavy atom. The van der Waals surface area contributed by atoms with E-state index in [4.69, 9.17) is 15.6 Å². The number of nitrogens with two attached hydrogens (primary N) is 1. The first kappa shape index (κ1) is 17.2. The van der Waals surface area contributed by atoms with Crippen molar-refractivity contribution in [3.8, 4) is 0 Å². The summed E-state index contributed by atoms with van der Waals surface area (Å²) in [5.41, 5.74) is 5.06. The Morgan fingerprint density at radius 1 is 1.28 bits per heavy atom. The largest absolute Gasteiger partial charge is 0.444 e. The second-order valence-electron chi connectivity index (χ2n) is 6.74.